The third-order valence-electron chi connectivity index (χ3n) is 9.65. The van der Waals surface area contributed by atoms with E-state index >= 15 is 0 Å². The average molecular weight is 731 g/mol. The number of benzene rings is 1. The van der Waals surface area contributed by atoms with Crippen LogP contribution in [0.4, 0.5) is 5.69 Å². The van der Waals surface area contributed by atoms with E-state index in [1.54, 1.807) is 25.5 Å². The van der Waals surface area contributed by atoms with Crippen molar-refractivity contribution in [3.63, 3.8) is 0 Å². The number of hydrogen-bond acceptors (Lipinski definition) is 8. The Labute approximate surface area is 320 Å². The average Bonchev–Trinajstić information content (AvgIpc) is 3.42. The molecule has 1 aliphatic carbocycles. The summed E-state index contributed by atoms with van der Waals surface area (Å²) in [6.07, 6.45) is 17.9. The third kappa shape index (κ3) is 12.9. The van der Waals surface area contributed by atoms with Gasteiger partial charge in [-0.15, -0.1) is 0 Å². The summed E-state index contributed by atoms with van der Waals surface area (Å²) < 4.78 is 17.0. The van der Waals surface area contributed by atoms with Crippen molar-refractivity contribution in [1.82, 2.24) is 10.6 Å². The lowest BCUT2D eigenvalue weighted by atomic mass is 9.86. The van der Waals surface area contributed by atoms with Gasteiger partial charge in [0.25, 0.3) is 5.91 Å². The predicted octanol–water partition coefficient (Wildman–Crippen LogP) is 8.80. The van der Waals surface area contributed by atoms with Crippen LogP contribution in [-0.4, -0.2) is 70.6 Å². The zero-order valence-corrected chi connectivity index (χ0v) is 34.0. The van der Waals surface area contributed by atoms with Gasteiger partial charge in [-0.1, -0.05) is 85.6 Å². The third-order valence-corrected chi connectivity index (χ3v) is 9.65. The van der Waals surface area contributed by atoms with E-state index in [0.717, 1.165) is 60.3 Å². The number of carbonyl (C=O) groups excluding carboxylic acids is 2. The van der Waals surface area contributed by atoms with Crippen LogP contribution < -0.4 is 15.5 Å². The van der Waals surface area contributed by atoms with Crippen molar-refractivity contribution in [2.75, 3.05) is 52.0 Å². The molecule has 1 atom stereocenters. The quantitative estimate of drug-likeness (QED) is 0.0939. The molecule has 1 amide bonds. The van der Waals surface area contributed by atoms with Gasteiger partial charge in [-0.05, 0) is 66.7 Å². The molecule has 2 aliphatic heterocycles. The molecule has 9 nitrogen and oxygen atoms in total. The topological polar surface area (TPSA) is 101 Å². The molecule has 1 unspecified atom stereocenters. The normalized spacial score (nSPS) is 17.1. The molecule has 53 heavy (non-hydrogen) atoms. The van der Waals surface area contributed by atoms with E-state index < -0.39 is 5.54 Å². The molecule has 292 valence electrons. The van der Waals surface area contributed by atoms with Crippen LogP contribution >= 0.6 is 0 Å². The molecular weight excluding hydrogens is 665 g/mol. The second kappa shape index (κ2) is 24.0. The van der Waals surface area contributed by atoms with E-state index in [9.17, 15) is 9.59 Å². The second-order valence-electron chi connectivity index (χ2n) is 13.0. The highest BCUT2D eigenvalue weighted by Gasteiger charge is 2.41. The number of anilines is 1. The molecule has 3 aliphatic rings. The van der Waals surface area contributed by atoms with Gasteiger partial charge in [0.05, 0.1) is 26.5 Å². The van der Waals surface area contributed by atoms with Crippen molar-refractivity contribution in [2.45, 2.75) is 99.0 Å². The molecule has 1 fully saturated rings. The number of nitrogens with zero attached hydrogens (tertiary/aromatic N) is 2. The molecular formula is C44H66N4O5. The number of hydrogen-bond donors (Lipinski definition) is 2. The van der Waals surface area contributed by atoms with Gasteiger partial charge in [-0.3, -0.25) is 14.6 Å². The standard InChI is InChI=1S/C40H54N4O5.2C2H6/c1-7-10-30(9-3)25-32-14-15-33(26-36(32)44(5)20-24-49-37(17-21-47-6)29(4)8-2)38(46)43-40(18-22-48-23-19-40)39-41-27-34-13-11-31(28-45)12-16-35(34)42-39;2*1-2/h8,11-12,14-17,21,26,28,30H,2,7,9-10,13,18-20,22-25,27H2,1,3-6H3,(H,41,42)(H,43,46);2*1-2H3/b21-17+,37-29+;;. The number of amidine groups is 1. The van der Waals surface area contributed by atoms with Crippen LogP contribution in [0, 0.1) is 5.92 Å². The van der Waals surface area contributed by atoms with E-state index in [1.807, 2.05) is 65.0 Å². The highest BCUT2D eigenvalue weighted by molar-refractivity contribution is 6.02. The maximum absolute atomic E-state index is 14.2. The first-order valence-electron chi connectivity index (χ1n) is 19.5. The fraction of sp³-hybridized carbons (Fsp3) is 0.523. The van der Waals surface area contributed by atoms with Crippen molar-refractivity contribution in [3.8, 4) is 0 Å². The zero-order valence-electron chi connectivity index (χ0n) is 34.0. The molecule has 1 saturated heterocycles. The fourth-order valence-electron chi connectivity index (χ4n) is 6.47. The van der Waals surface area contributed by atoms with Crippen LogP contribution in [0.5, 0.6) is 0 Å². The monoisotopic (exact) mass is 731 g/mol. The highest BCUT2D eigenvalue weighted by atomic mass is 16.5. The fourth-order valence-corrected chi connectivity index (χ4v) is 6.47. The van der Waals surface area contributed by atoms with E-state index in [2.05, 4.69) is 49.1 Å². The molecule has 4 rings (SSSR count). The van der Waals surface area contributed by atoms with Crippen molar-refractivity contribution in [3.05, 3.63) is 101 Å². The Hall–Kier alpha value is -4.37. The number of methoxy groups -OCH3 is 1. The summed E-state index contributed by atoms with van der Waals surface area (Å²) in [5.41, 5.74) is 5.75. The number of amides is 1. The van der Waals surface area contributed by atoms with Crippen LogP contribution in [0.3, 0.4) is 0 Å². The number of nitrogens with one attached hydrogen (secondary N) is 2. The van der Waals surface area contributed by atoms with Crippen molar-refractivity contribution in [2.24, 2.45) is 10.9 Å². The lowest BCUT2D eigenvalue weighted by molar-refractivity contribution is -0.104. The molecule has 0 bridgehead atoms. The van der Waals surface area contributed by atoms with Crippen molar-refractivity contribution < 1.29 is 23.8 Å². The number of rotatable bonds is 17. The summed E-state index contributed by atoms with van der Waals surface area (Å²) in [6, 6.07) is 6.09. The zero-order chi connectivity index (χ0) is 39.2. The molecule has 0 spiro atoms. The van der Waals surface area contributed by atoms with Crippen LogP contribution in [0.15, 0.2) is 94.6 Å². The number of aliphatic imine (C=N–C) groups is 1. The minimum atomic E-state index is -0.705. The van der Waals surface area contributed by atoms with E-state index in [4.69, 9.17) is 19.2 Å². The van der Waals surface area contributed by atoms with E-state index in [-0.39, 0.29) is 5.91 Å². The SMILES string of the molecule is C=C/C(C)=C(\C=C\OC)OCCN(C)c1cc(C(=O)NC2(C3=NCC4=C(C=CC(C=O)=CC4)N3)CCOCC2)ccc1CC(CC)CCC.CC.CC. The van der Waals surface area contributed by atoms with Crippen molar-refractivity contribution >= 4 is 23.7 Å². The van der Waals surface area contributed by atoms with Gasteiger partial charge < -0.3 is 29.7 Å². The van der Waals surface area contributed by atoms with Crippen LogP contribution in [0.1, 0.15) is 103 Å². The van der Waals surface area contributed by atoms with Gasteiger partial charge in [-0.25, -0.2) is 0 Å². The molecule has 9 heteroatoms. The Bertz CT molecular complexity index is 1530. The van der Waals surface area contributed by atoms with Crippen LogP contribution in [0.2, 0.25) is 0 Å². The summed E-state index contributed by atoms with van der Waals surface area (Å²) >= 11 is 0. The maximum Gasteiger partial charge on any atom is 0.252 e. The Balaban J connectivity index is 0.00000235. The van der Waals surface area contributed by atoms with Crippen LogP contribution in [0.25, 0.3) is 0 Å². The summed E-state index contributed by atoms with van der Waals surface area (Å²) in [5.74, 6) is 1.85. The first kappa shape index (κ1) is 44.8. The summed E-state index contributed by atoms with van der Waals surface area (Å²) in [6.45, 7) is 20.9. The molecule has 0 aromatic heterocycles. The smallest absolute Gasteiger partial charge is 0.252 e. The number of ether oxygens (including phenoxy) is 3. The van der Waals surface area contributed by atoms with Crippen molar-refractivity contribution in [1.29, 1.82) is 0 Å². The minimum Gasteiger partial charge on any atom is -0.504 e. The molecule has 1 aromatic rings. The van der Waals surface area contributed by atoms with Gasteiger partial charge in [-0.2, -0.15) is 0 Å². The Morgan fingerprint density at radius 1 is 1.17 bits per heavy atom. The first-order valence-corrected chi connectivity index (χ1v) is 19.5. The van der Waals surface area contributed by atoms with Gasteiger partial charge in [0.15, 0.2) is 0 Å². The van der Waals surface area contributed by atoms with E-state index in [0.29, 0.717) is 75.0 Å². The molecule has 2 heterocycles. The number of allylic oxidation sites excluding steroid dienone is 7. The molecule has 2 N–H and O–H groups in total. The molecule has 1 aromatic carbocycles. The first-order chi connectivity index (χ1) is 25.8. The van der Waals surface area contributed by atoms with Crippen LogP contribution in [-0.2, 0) is 25.4 Å². The molecule has 0 saturated carbocycles. The van der Waals surface area contributed by atoms with Gasteiger partial charge in [0, 0.05) is 61.7 Å². The summed E-state index contributed by atoms with van der Waals surface area (Å²) in [5, 5.41) is 6.92. The van der Waals surface area contributed by atoms with E-state index in [1.165, 1.54) is 5.56 Å². The lowest BCUT2D eigenvalue weighted by Crippen LogP contribution is -2.61. The summed E-state index contributed by atoms with van der Waals surface area (Å²) in [7, 11) is 3.66. The Kier molecular flexibility index (Phi) is 20.3. The maximum atomic E-state index is 14.2. The lowest BCUT2D eigenvalue weighted by Gasteiger charge is -2.40. The van der Waals surface area contributed by atoms with Gasteiger partial charge >= 0.3 is 0 Å². The van der Waals surface area contributed by atoms with Gasteiger partial charge in [0.2, 0.25) is 0 Å². The minimum absolute atomic E-state index is 0.151. The van der Waals surface area contributed by atoms with Gasteiger partial charge in [0.1, 0.15) is 30.0 Å². The second-order valence-corrected chi connectivity index (χ2v) is 13.0. The number of aldehydes is 1. The largest absolute Gasteiger partial charge is 0.504 e. The number of likely N-dealkylation sites (N-methyl/N-ethyl adjacent to an activating group) is 1. The molecule has 0 radical (unpaired) electrons. The predicted molar refractivity (Wildman–Crippen MR) is 220 cm³/mol. The Morgan fingerprint density at radius 3 is 2.55 bits per heavy atom. The number of carbonyl (C=O) groups is 2. The highest BCUT2D eigenvalue weighted by Crippen LogP contribution is 2.30. The summed E-state index contributed by atoms with van der Waals surface area (Å²) in [4.78, 5) is 32.7. The Morgan fingerprint density at radius 2 is 1.91 bits per heavy atom.